The molecule has 0 radical (unpaired) electrons. The molecule has 1 saturated heterocycles. The molecule has 0 amide bonds. The maximum Gasteiger partial charge on any atom is 0.239 e. The Labute approximate surface area is 126 Å². The third-order valence-electron chi connectivity index (χ3n) is 5.32. The standard InChI is InChI=1S/C17H25N3O/c18-14-8-9-16(19-17(14)21-11-12-6-7-12)20-10-2-4-13-3-1-5-15(13)20/h8-9,12-13,15H,1-7,10-11,18H2. The highest BCUT2D eigenvalue weighted by atomic mass is 16.5. The van der Waals surface area contributed by atoms with Gasteiger partial charge in [-0.05, 0) is 62.5 Å². The average molecular weight is 287 g/mol. The van der Waals surface area contributed by atoms with E-state index in [2.05, 4.69) is 11.0 Å². The molecular formula is C17H25N3O. The first kappa shape index (κ1) is 13.2. The van der Waals surface area contributed by atoms with Crippen LogP contribution in [0.2, 0.25) is 0 Å². The van der Waals surface area contributed by atoms with E-state index in [0.29, 0.717) is 17.6 Å². The van der Waals surface area contributed by atoms with Crippen molar-refractivity contribution in [3.63, 3.8) is 0 Å². The first-order valence-corrected chi connectivity index (χ1v) is 8.47. The van der Waals surface area contributed by atoms with Crippen molar-refractivity contribution in [2.24, 2.45) is 11.8 Å². The number of pyridine rings is 1. The zero-order valence-corrected chi connectivity index (χ0v) is 12.6. The lowest BCUT2D eigenvalue weighted by molar-refractivity contribution is 0.289. The fourth-order valence-electron chi connectivity index (χ4n) is 3.94. The van der Waals surface area contributed by atoms with E-state index in [-0.39, 0.29) is 0 Å². The van der Waals surface area contributed by atoms with Crippen molar-refractivity contribution < 1.29 is 4.74 Å². The Hall–Kier alpha value is -1.45. The third kappa shape index (κ3) is 2.68. The summed E-state index contributed by atoms with van der Waals surface area (Å²) in [7, 11) is 0. The van der Waals surface area contributed by atoms with Gasteiger partial charge in [0, 0.05) is 12.6 Å². The SMILES string of the molecule is Nc1ccc(N2CCCC3CCCC32)nc1OCC1CC1. The third-order valence-corrected chi connectivity index (χ3v) is 5.32. The lowest BCUT2D eigenvalue weighted by Gasteiger charge is -2.38. The van der Waals surface area contributed by atoms with Crippen molar-refractivity contribution in [2.45, 2.75) is 51.0 Å². The van der Waals surface area contributed by atoms with Crippen molar-refractivity contribution in [1.82, 2.24) is 4.98 Å². The lowest BCUT2D eigenvalue weighted by atomic mass is 9.92. The maximum atomic E-state index is 6.03. The van der Waals surface area contributed by atoms with Gasteiger partial charge in [-0.3, -0.25) is 0 Å². The number of piperidine rings is 1. The van der Waals surface area contributed by atoms with Gasteiger partial charge in [-0.15, -0.1) is 0 Å². The minimum absolute atomic E-state index is 0.638. The molecule has 3 fully saturated rings. The maximum absolute atomic E-state index is 6.03. The minimum Gasteiger partial charge on any atom is -0.476 e. The molecule has 2 atom stereocenters. The molecule has 1 aromatic rings. The first-order chi connectivity index (χ1) is 10.3. The normalized spacial score (nSPS) is 28.5. The molecule has 0 bridgehead atoms. The Morgan fingerprint density at radius 2 is 2.00 bits per heavy atom. The molecule has 2 aliphatic carbocycles. The predicted octanol–water partition coefficient (Wildman–Crippen LogP) is 3.22. The number of fused-ring (bicyclic) bond motifs is 1. The molecule has 2 heterocycles. The van der Waals surface area contributed by atoms with Crippen LogP contribution in [-0.4, -0.2) is 24.2 Å². The Morgan fingerprint density at radius 1 is 1.14 bits per heavy atom. The number of ether oxygens (including phenoxy) is 1. The summed E-state index contributed by atoms with van der Waals surface area (Å²) in [5.74, 6) is 3.30. The van der Waals surface area contributed by atoms with Gasteiger partial charge in [-0.25, -0.2) is 0 Å². The molecule has 2 N–H and O–H groups in total. The number of hydrogen-bond acceptors (Lipinski definition) is 4. The van der Waals surface area contributed by atoms with Crippen LogP contribution in [0.4, 0.5) is 11.5 Å². The highest BCUT2D eigenvalue weighted by molar-refractivity contribution is 5.55. The Bertz CT molecular complexity index is 515. The van der Waals surface area contributed by atoms with Crippen LogP contribution in [0.25, 0.3) is 0 Å². The average Bonchev–Trinajstić information content (AvgIpc) is 3.21. The van der Waals surface area contributed by atoms with Crippen LogP contribution in [0, 0.1) is 11.8 Å². The molecule has 1 aliphatic heterocycles. The van der Waals surface area contributed by atoms with Gasteiger partial charge >= 0.3 is 0 Å². The van der Waals surface area contributed by atoms with Gasteiger partial charge in [0.1, 0.15) is 5.82 Å². The number of rotatable bonds is 4. The number of nitrogens with zero attached hydrogens (tertiary/aromatic N) is 2. The number of nitrogens with two attached hydrogens (primary N) is 1. The molecule has 2 saturated carbocycles. The number of nitrogen functional groups attached to an aromatic ring is 1. The summed E-state index contributed by atoms with van der Waals surface area (Å²) >= 11 is 0. The molecule has 4 heteroatoms. The molecule has 2 unspecified atom stereocenters. The van der Waals surface area contributed by atoms with Gasteiger partial charge in [-0.2, -0.15) is 4.98 Å². The molecule has 4 rings (SSSR count). The summed E-state index contributed by atoms with van der Waals surface area (Å²) in [5, 5.41) is 0. The Kier molecular flexibility index (Phi) is 3.40. The first-order valence-electron chi connectivity index (χ1n) is 8.47. The molecular weight excluding hydrogens is 262 g/mol. The van der Waals surface area contributed by atoms with Crippen molar-refractivity contribution in [3.8, 4) is 5.88 Å². The molecule has 114 valence electrons. The number of anilines is 2. The fourth-order valence-corrected chi connectivity index (χ4v) is 3.94. The lowest BCUT2D eigenvalue weighted by Crippen LogP contribution is -2.43. The molecule has 21 heavy (non-hydrogen) atoms. The van der Waals surface area contributed by atoms with Crippen LogP contribution in [0.1, 0.15) is 44.9 Å². The van der Waals surface area contributed by atoms with Gasteiger partial charge in [0.2, 0.25) is 5.88 Å². The molecule has 0 spiro atoms. The molecule has 0 aromatic carbocycles. The van der Waals surface area contributed by atoms with Crippen LogP contribution in [-0.2, 0) is 0 Å². The number of aromatic nitrogens is 1. The van der Waals surface area contributed by atoms with E-state index in [9.17, 15) is 0 Å². The summed E-state index contributed by atoms with van der Waals surface area (Å²) in [6.07, 6.45) is 9.32. The summed E-state index contributed by atoms with van der Waals surface area (Å²) in [6.45, 7) is 1.90. The Balaban J connectivity index is 1.54. The van der Waals surface area contributed by atoms with Gasteiger partial charge in [-0.1, -0.05) is 6.42 Å². The second-order valence-electron chi connectivity index (χ2n) is 6.91. The van der Waals surface area contributed by atoms with Crippen molar-refractivity contribution in [1.29, 1.82) is 0 Å². The van der Waals surface area contributed by atoms with Crippen LogP contribution in [0.15, 0.2) is 12.1 Å². The van der Waals surface area contributed by atoms with E-state index < -0.39 is 0 Å². The summed E-state index contributed by atoms with van der Waals surface area (Å²) in [4.78, 5) is 7.24. The van der Waals surface area contributed by atoms with Crippen LogP contribution < -0.4 is 15.4 Å². The number of hydrogen-bond donors (Lipinski definition) is 1. The Morgan fingerprint density at radius 3 is 2.86 bits per heavy atom. The molecule has 3 aliphatic rings. The second-order valence-corrected chi connectivity index (χ2v) is 6.91. The zero-order chi connectivity index (χ0) is 14.2. The van der Waals surface area contributed by atoms with Crippen LogP contribution in [0.3, 0.4) is 0 Å². The molecule has 1 aromatic heterocycles. The zero-order valence-electron chi connectivity index (χ0n) is 12.6. The highest BCUT2D eigenvalue weighted by Crippen LogP contribution is 2.39. The smallest absolute Gasteiger partial charge is 0.239 e. The predicted molar refractivity (Wildman–Crippen MR) is 84.6 cm³/mol. The van der Waals surface area contributed by atoms with E-state index in [4.69, 9.17) is 15.5 Å². The van der Waals surface area contributed by atoms with E-state index in [1.807, 2.05) is 6.07 Å². The van der Waals surface area contributed by atoms with E-state index in [0.717, 1.165) is 30.8 Å². The highest BCUT2D eigenvalue weighted by Gasteiger charge is 2.35. The van der Waals surface area contributed by atoms with Gasteiger partial charge in [0.15, 0.2) is 0 Å². The van der Waals surface area contributed by atoms with E-state index in [1.165, 1.54) is 44.9 Å². The van der Waals surface area contributed by atoms with Gasteiger partial charge in [0.25, 0.3) is 0 Å². The molecule has 4 nitrogen and oxygen atoms in total. The monoisotopic (exact) mass is 287 g/mol. The van der Waals surface area contributed by atoms with Gasteiger partial charge < -0.3 is 15.4 Å². The minimum atomic E-state index is 0.638. The second kappa shape index (κ2) is 5.39. The quantitative estimate of drug-likeness (QED) is 0.923. The van der Waals surface area contributed by atoms with Crippen molar-refractivity contribution in [2.75, 3.05) is 23.8 Å². The fraction of sp³-hybridized carbons (Fsp3) is 0.706. The largest absolute Gasteiger partial charge is 0.476 e. The topological polar surface area (TPSA) is 51.4 Å². The summed E-state index contributed by atoms with van der Waals surface area (Å²) in [5.41, 5.74) is 6.69. The van der Waals surface area contributed by atoms with E-state index in [1.54, 1.807) is 0 Å². The van der Waals surface area contributed by atoms with Crippen LogP contribution in [0.5, 0.6) is 5.88 Å². The summed E-state index contributed by atoms with van der Waals surface area (Å²) < 4.78 is 5.84. The van der Waals surface area contributed by atoms with Crippen LogP contribution >= 0.6 is 0 Å². The van der Waals surface area contributed by atoms with Crippen molar-refractivity contribution in [3.05, 3.63) is 12.1 Å². The summed E-state index contributed by atoms with van der Waals surface area (Å²) in [6, 6.07) is 4.72. The van der Waals surface area contributed by atoms with E-state index >= 15 is 0 Å². The van der Waals surface area contributed by atoms with Gasteiger partial charge in [0.05, 0.1) is 12.3 Å². The van der Waals surface area contributed by atoms with Crippen molar-refractivity contribution >= 4 is 11.5 Å².